The van der Waals surface area contributed by atoms with Gasteiger partial charge in [-0.3, -0.25) is 4.79 Å². The van der Waals surface area contributed by atoms with Gasteiger partial charge in [0.05, 0.1) is 17.7 Å². The Morgan fingerprint density at radius 1 is 0.829 bits per heavy atom. The molecule has 184 valence electrons. The van der Waals surface area contributed by atoms with Crippen molar-refractivity contribution in [3.63, 3.8) is 0 Å². The van der Waals surface area contributed by atoms with Crippen LogP contribution in [0.4, 0.5) is 5.69 Å². The number of methoxy groups -OCH3 is 1. The summed E-state index contributed by atoms with van der Waals surface area (Å²) < 4.78 is 33.5. The van der Waals surface area contributed by atoms with Gasteiger partial charge < -0.3 is 14.5 Å². The number of hydrogen-bond donors (Lipinski definition) is 0. The molecular weight excluding hydrogens is 462 g/mol. The first kappa shape index (κ1) is 23.6. The maximum absolute atomic E-state index is 13.2. The molecule has 2 saturated heterocycles. The molecule has 2 aliphatic rings. The van der Waals surface area contributed by atoms with Crippen LogP contribution in [-0.2, 0) is 14.8 Å². The Bertz CT molecular complexity index is 1310. The molecule has 35 heavy (non-hydrogen) atoms. The quantitative estimate of drug-likeness (QED) is 0.543. The van der Waals surface area contributed by atoms with Crippen LogP contribution < -0.4 is 9.64 Å². The van der Waals surface area contributed by atoms with E-state index in [1.165, 1.54) is 4.31 Å². The number of sulfonamides is 1. The minimum absolute atomic E-state index is 0.129. The van der Waals surface area contributed by atoms with E-state index in [2.05, 4.69) is 4.90 Å². The molecule has 7 nitrogen and oxygen atoms in total. The van der Waals surface area contributed by atoms with Gasteiger partial charge in [-0.15, -0.1) is 0 Å². The number of benzene rings is 3. The van der Waals surface area contributed by atoms with Crippen LogP contribution in [0, 0.1) is 5.92 Å². The van der Waals surface area contributed by atoms with Crippen LogP contribution in [0.1, 0.15) is 12.8 Å². The number of para-hydroxylation sites is 2. The van der Waals surface area contributed by atoms with Crippen molar-refractivity contribution in [1.82, 2.24) is 9.21 Å². The Labute approximate surface area is 206 Å². The van der Waals surface area contributed by atoms with Crippen LogP contribution in [0.15, 0.2) is 71.6 Å². The van der Waals surface area contributed by atoms with E-state index in [0.29, 0.717) is 43.9 Å². The summed E-state index contributed by atoms with van der Waals surface area (Å²) in [5, 5.41) is 1.92. The van der Waals surface area contributed by atoms with Crippen LogP contribution in [0.2, 0.25) is 0 Å². The normalized spacial score (nSPS) is 18.1. The molecule has 0 atom stereocenters. The molecule has 5 rings (SSSR count). The maximum atomic E-state index is 13.2. The van der Waals surface area contributed by atoms with Gasteiger partial charge in [-0.05, 0) is 47.9 Å². The predicted molar refractivity (Wildman–Crippen MR) is 137 cm³/mol. The number of ether oxygens (including phenoxy) is 1. The predicted octanol–water partition coefficient (Wildman–Crippen LogP) is 3.60. The second-order valence-electron chi connectivity index (χ2n) is 9.17. The smallest absolute Gasteiger partial charge is 0.243 e. The molecule has 3 aromatic carbocycles. The third-order valence-electron chi connectivity index (χ3n) is 7.18. The highest BCUT2D eigenvalue weighted by Crippen LogP contribution is 2.30. The third-order valence-corrected chi connectivity index (χ3v) is 9.07. The fourth-order valence-corrected chi connectivity index (χ4v) is 6.64. The van der Waals surface area contributed by atoms with Gasteiger partial charge >= 0.3 is 0 Å². The van der Waals surface area contributed by atoms with Crippen LogP contribution in [0.3, 0.4) is 0 Å². The average molecular weight is 494 g/mol. The molecule has 0 N–H and O–H groups in total. The van der Waals surface area contributed by atoms with Gasteiger partial charge in [-0.25, -0.2) is 8.42 Å². The third kappa shape index (κ3) is 4.73. The summed E-state index contributed by atoms with van der Waals surface area (Å²) in [6, 6.07) is 21.0. The monoisotopic (exact) mass is 493 g/mol. The summed E-state index contributed by atoms with van der Waals surface area (Å²) in [7, 11) is -1.91. The van der Waals surface area contributed by atoms with Gasteiger partial charge in [0.1, 0.15) is 5.75 Å². The van der Waals surface area contributed by atoms with Gasteiger partial charge in [-0.1, -0.05) is 42.5 Å². The molecule has 0 aromatic heterocycles. The van der Waals surface area contributed by atoms with Crippen molar-refractivity contribution >= 4 is 32.4 Å². The molecule has 2 aliphatic heterocycles. The number of carbonyl (C=O) groups excluding carboxylic acids is 1. The molecule has 0 saturated carbocycles. The summed E-state index contributed by atoms with van der Waals surface area (Å²) in [6.07, 6.45) is 1.11. The molecule has 0 unspecified atom stereocenters. The molecule has 0 bridgehead atoms. The van der Waals surface area contributed by atoms with E-state index in [1.54, 1.807) is 19.2 Å². The fourth-order valence-electron chi connectivity index (χ4n) is 5.14. The van der Waals surface area contributed by atoms with Crippen molar-refractivity contribution in [1.29, 1.82) is 0 Å². The second kappa shape index (κ2) is 9.87. The van der Waals surface area contributed by atoms with Gasteiger partial charge in [-0.2, -0.15) is 4.31 Å². The summed E-state index contributed by atoms with van der Waals surface area (Å²) in [4.78, 5) is 17.7. The van der Waals surface area contributed by atoms with Gasteiger partial charge in [0.2, 0.25) is 15.9 Å². The Morgan fingerprint density at radius 2 is 1.49 bits per heavy atom. The molecule has 2 fully saturated rings. The van der Waals surface area contributed by atoms with Crippen molar-refractivity contribution in [2.24, 2.45) is 5.92 Å². The number of carbonyl (C=O) groups is 1. The second-order valence-corrected chi connectivity index (χ2v) is 11.1. The zero-order chi connectivity index (χ0) is 24.4. The highest BCUT2D eigenvalue weighted by molar-refractivity contribution is 7.89. The summed E-state index contributed by atoms with van der Waals surface area (Å²) in [6.45, 7) is 3.56. The first-order valence-corrected chi connectivity index (χ1v) is 13.6. The Morgan fingerprint density at radius 3 is 2.20 bits per heavy atom. The van der Waals surface area contributed by atoms with Crippen LogP contribution >= 0.6 is 0 Å². The Hall–Kier alpha value is -3.10. The summed E-state index contributed by atoms with van der Waals surface area (Å²) in [5.74, 6) is 0.857. The van der Waals surface area contributed by atoms with Crippen LogP contribution in [0.25, 0.3) is 10.8 Å². The lowest BCUT2D eigenvalue weighted by molar-refractivity contribution is -0.137. The number of amides is 1. The first-order valence-electron chi connectivity index (χ1n) is 12.1. The van der Waals surface area contributed by atoms with Crippen LogP contribution in [-0.4, -0.2) is 69.9 Å². The van der Waals surface area contributed by atoms with Crippen LogP contribution in [0.5, 0.6) is 5.75 Å². The molecule has 8 heteroatoms. The molecular formula is C27H31N3O4S. The molecule has 3 aromatic rings. The zero-order valence-corrected chi connectivity index (χ0v) is 20.8. The van der Waals surface area contributed by atoms with Crippen molar-refractivity contribution in [3.05, 3.63) is 66.7 Å². The highest BCUT2D eigenvalue weighted by atomic mass is 32.2. The Balaban J connectivity index is 1.18. The first-order chi connectivity index (χ1) is 17.0. The van der Waals surface area contributed by atoms with Crippen molar-refractivity contribution in [2.75, 3.05) is 51.3 Å². The number of rotatable bonds is 5. The SMILES string of the molecule is COc1ccccc1N1CCN(C(=O)C2CCN(S(=O)(=O)c3ccc4ccccc4c3)CC2)CC1. The molecule has 0 aliphatic carbocycles. The number of piperazine rings is 1. The van der Waals surface area contributed by atoms with Gasteiger partial charge in [0, 0.05) is 45.2 Å². The van der Waals surface area contributed by atoms with E-state index < -0.39 is 10.0 Å². The minimum Gasteiger partial charge on any atom is -0.495 e. The van der Waals surface area contributed by atoms with Gasteiger partial charge in [0.25, 0.3) is 0 Å². The maximum Gasteiger partial charge on any atom is 0.243 e. The summed E-state index contributed by atoms with van der Waals surface area (Å²) >= 11 is 0. The lowest BCUT2D eigenvalue weighted by Gasteiger charge is -2.39. The van der Waals surface area contributed by atoms with E-state index in [4.69, 9.17) is 4.74 Å². The van der Waals surface area contributed by atoms with E-state index in [0.717, 1.165) is 35.3 Å². The topological polar surface area (TPSA) is 70.2 Å². The molecule has 0 spiro atoms. The highest BCUT2D eigenvalue weighted by Gasteiger charge is 2.35. The number of anilines is 1. The number of nitrogens with zero attached hydrogens (tertiary/aromatic N) is 3. The van der Waals surface area contributed by atoms with Crippen molar-refractivity contribution in [2.45, 2.75) is 17.7 Å². The fraction of sp³-hybridized carbons (Fsp3) is 0.370. The molecule has 1 amide bonds. The standard InChI is InChI=1S/C27H31N3O4S/c1-34-26-9-5-4-8-25(26)28-16-18-29(19-17-28)27(31)22-12-14-30(15-13-22)35(32,33)24-11-10-21-6-2-3-7-23(21)20-24/h2-11,20,22H,12-19H2,1H3. The molecule has 0 radical (unpaired) electrons. The zero-order valence-electron chi connectivity index (χ0n) is 20.0. The van der Waals surface area contributed by atoms with Crippen molar-refractivity contribution < 1.29 is 17.9 Å². The number of fused-ring (bicyclic) bond motifs is 1. The van der Waals surface area contributed by atoms with E-state index in [-0.39, 0.29) is 11.8 Å². The average Bonchev–Trinajstić information content (AvgIpc) is 2.92. The largest absolute Gasteiger partial charge is 0.495 e. The Kier molecular flexibility index (Phi) is 6.67. The lowest BCUT2D eigenvalue weighted by Crippen LogP contribution is -2.52. The van der Waals surface area contributed by atoms with Gasteiger partial charge in [0.15, 0.2) is 0 Å². The summed E-state index contributed by atoms with van der Waals surface area (Å²) in [5.41, 5.74) is 1.05. The molecule has 2 heterocycles. The minimum atomic E-state index is -3.58. The van der Waals surface area contributed by atoms with E-state index in [9.17, 15) is 13.2 Å². The van der Waals surface area contributed by atoms with E-state index >= 15 is 0 Å². The van der Waals surface area contributed by atoms with Crippen molar-refractivity contribution in [3.8, 4) is 5.75 Å². The lowest BCUT2D eigenvalue weighted by atomic mass is 9.96. The number of piperidine rings is 1. The number of hydrogen-bond acceptors (Lipinski definition) is 5. The van der Waals surface area contributed by atoms with E-state index in [1.807, 2.05) is 59.5 Å².